The van der Waals surface area contributed by atoms with Crippen LogP contribution in [0.15, 0.2) is 81.7 Å². The molecule has 1 atom stereocenters. The fourth-order valence-electron chi connectivity index (χ4n) is 4.70. The summed E-state index contributed by atoms with van der Waals surface area (Å²) in [6.45, 7) is 3.33. The molecule has 1 unspecified atom stereocenters. The number of rotatable bonds is 10. The van der Waals surface area contributed by atoms with Gasteiger partial charge in [0.2, 0.25) is 5.90 Å². The minimum Gasteiger partial charge on any atom is -0.466 e. The van der Waals surface area contributed by atoms with Crippen molar-refractivity contribution in [1.29, 1.82) is 5.26 Å². The predicted molar refractivity (Wildman–Crippen MR) is 168 cm³/mol. The van der Waals surface area contributed by atoms with Crippen LogP contribution in [0.25, 0.3) is 0 Å². The molecule has 5 rings (SSSR count). The van der Waals surface area contributed by atoms with Crippen molar-refractivity contribution >= 4 is 30.1 Å². The summed E-state index contributed by atoms with van der Waals surface area (Å²) in [7, 11) is 0. The second kappa shape index (κ2) is 15.4. The van der Waals surface area contributed by atoms with Crippen LogP contribution in [0.1, 0.15) is 65.0 Å². The molecule has 0 fully saturated rings. The van der Waals surface area contributed by atoms with Crippen LogP contribution in [0.4, 0.5) is 0 Å². The summed E-state index contributed by atoms with van der Waals surface area (Å²) in [6, 6.07) is 21.6. The van der Waals surface area contributed by atoms with E-state index >= 15 is 0 Å². The lowest BCUT2D eigenvalue weighted by Gasteiger charge is -2.20. The molecule has 2 aliphatic rings. The van der Waals surface area contributed by atoms with E-state index in [1.807, 2.05) is 54.7 Å². The summed E-state index contributed by atoms with van der Waals surface area (Å²) in [4.78, 5) is 38.4. The number of hydrogen-bond acceptors (Lipinski definition) is 11. The van der Waals surface area contributed by atoms with Crippen molar-refractivity contribution < 1.29 is 28.5 Å². The number of aliphatic imine (C=N–C) groups is 3. The fourth-order valence-corrected chi connectivity index (χ4v) is 4.70. The number of hydrogen-bond donors (Lipinski definition) is 1. The molecule has 0 amide bonds. The van der Waals surface area contributed by atoms with Crippen LogP contribution >= 0.6 is 0 Å². The molecule has 0 aromatic heterocycles. The predicted octanol–water partition coefficient (Wildman–Crippen LogP) is 5.09. The molecule has 0 aliphatic carbocycles. The van der Waals surface area contributed by atoms with E-state index in [1.165, 1.54) is 18.2 Å². The van der Waals surface area contributed by atoms with Crippen LogP contribution in [-0.4, -0.2) is 49.8 Å². The molecule has 45 heavy (non-hydrogen) atoms. The Kier molecular flexibility index (Phi) is 10.6. The van der Waals surface area contributed by atoms with E-state index in [0.29, 0.717) is 43.2 Å². The summed E-state index contributed by atoms with van der Waals surface area (Å²) in [5.41, 5.74) is 3.06. The van der Waals surface area contributed by atoms with Crippen LogP contribution in [0.5, 0.6) is 11.5 Å². The van der Waals surface area contributed by atoms with Crippen LogP contribution in [-0.2, 0) is 27.3 Å². The zero-order chi connectivity index (χ0) is 31.4. The van der Waals surface area contributed by atoms with Crippen LogP contribution in [0.3, 0.4) is 0 Å². The second-order valence-electron chi connectivity index (χ2n) is 10.2. The summed E-state index contributed by atoms with van der Waals surface area (Å²) in [5, 5.41) is 12.8. The van der Waals surface area contributed by atoms with Crippen molar-refractivity contribution in [2.24, 2.45) is 15.0 Å². The molecule has 0 radical (unpaired) electrons. The maximum Gasteiger partial charge on any atom is 0.342 e. The number of amidine groups is 1. The van der Waals surface area contributed by atoms with E-state index in [0.717, 1.165) is 29.7 Å². The molecule has 0 bridgehead atoms. The third-order valence-corrected chi connectivity index (χ3v) is 6.87. The van der Waals surface area contributed by atoms with Gasteiger partial charge in [-0.2, -0.15) is 10.3 Å². The van der Waals surface area contributed by atoms with Crippen LogP contribution in [0, 0.1) is 11.3 Å². The molecule has 0 saturated carbocycles. The smallest absolute Gasteiger partial charge is 0.342 e. The largest absolute Gasteiger partial charge is 0.466 e. The number of aryl methyl sites for hydroxylation is 1. The Hall–Kier alpha value is -5.34. The highest BCUT2D eigenvalue weighted by atomic mass is 16.5. The molecule has 230 valence electrons. The SMILES string of the molecule is CCOC(=O)CCc1cc(OC2=NC(Oc3cc(C#N)ccc3C(=O)OCc3ccccc3)=NCC2)cc(C2N=CCCN2)c1. The maximum absolute atomic E-state index is 13.0. The summed E-state index contributed by atoms with van der Waals surface area (Å²) in [6.07, 6.45) is 3.64. The maximum atomic E-state index is 13.0. The molecule has 2 aliphatic heterocycles. The lowest BCUT2D eigenvalue weighted by atomic mass is 10.0. The van der Waals surface area contributed by atoms with Gasteiger partial charge in [0.15, 0.2) is 0 Å². The van der Waals surface area contributed by atoms with Gasteiger partial charge >= 0.3 is 18.0 Å². The Labute approximate surface area is 261 Å². The summed E-state index contributed by atoms with van der Waals surface area (Å²) in [5.74, 6) is 0.114. The quantitative estimate of drug-likeness (QED) is 0.314. The normalized spacial score (nSPS) is 15.7. The molecule has 3 aromatic carbocycles. The Balaban J connectivity index is 1.33. The highest BCUT2D eigenvalue weighted by Crippen LogP contribution is 2.27. The van der Waals surface area contributed by atoms with Gasteiger partial charge in [0.05, 0.1) is 24.8 Å². The minimum atomic E-state index is -0.610. The first kappa shape index (κ1) is 31.1. The first-order chi connectivity index (χ1) is 22.0. The molecule has 1 N–H and O–H groups in total. The number of nitrogens with one attached hydrogen (secondary N) is 1. The highest BCUT2D eigenvalue weighted by Gasteiger charge is 2.21. The monoisotopic (exact) mass is 607 g/mol. The van der Waals surface area contributed by atoms with E-state index < -0.39 is 5.97 Å². The van der Waals surface area contributed by atoms with Crippen molar-refractivity contribution in [3.63, 3.8) is 0 Å². The van der Waals surface area contributed by atoms with E-state index in [1.54, 1.807) is 6.92 Å². The molecule has 2 heterocycles. The number of ether oxygens (including phenoxy) is 4. The number of nitrogens with zero attached hydrogens (tertiary/aromatic N) is 4. The Morgan fingerprint density at radius 2 is 1.89 bits per heavy atom. The van der Waals surface area contributed by atoms with E-state index in [4.69, 9.17) is 18.9 Å². The van der Waals surface area contributed by atoms with Crippen LogP contribution < -0.4 is 14.8 Å². The van der Waals surface area contributed by atoms with Gasteiger partial charge in [0, 0.05) is 25.6 Å². The van der Waals surface area contributed by atoms with Gasteiger partial charge in [-0.3, -0.25) is 15.1 Å². The molecule has 0 saturated heterocycles. The Morgan fingerprint density at radius 1 is 1.02 bits per heavy atom. The summed E-state index contributed by atoms with van der Waals surface area (Å²) < 4.78 is 22.7. The third kappa shape index (κ3) is 8.84. The average Bonchev–Trinajstić information content (AvgIpc) is 3.07. The molecular weight excluding hydrogens is 574 g/mol. The van der Waals surface area contributed by atoms with E-state index in [2.05, 4.69) is 26.4 Å². The second-order valence-corrected chi connectivity index (χ2v) is 10.2. The van der Waals surface area contributed by atoms with Crippen molar-refractivity contribution in [1.82, 2.24) is 5.32 Å². The van der Waals surface area contributed by atoms with Gasteiger partial charge in [0.25, 0.3) is 0 Å². The van der Waals surface area contributed by atoms with Gasteiger partial charge in [-0.1, -0.05) is 36.4 Å². The average molecular weight is 608 g/mol. The number of nitriles is 1. The number of carbonyl (C=O) groups is 2. The van der Waals surface area contributed by atoms with Gasteiger partial charge in [-0.05, 0) is 66.8 Å². The fraction of sp³-hybridized carbons (Fsp3) is 0.294. The van der Waals surface area contributed by atoms with E-state index in [-0.39, 0.29) is 42.5 Å². The Bertz CT molecular complexity index is 1660. The zero-order valence-corrected chi connectivity index (χ0v) is 24.9. The van der Waals surface area contributed by atoms with Crippen molar-refractivity contribution in [3.8, 4) is 17.6 Å². The molecule has 0 spiro atoms. The topological polar surface area (TPSA) is 144 Å². The Morgan fingerprint density at radius 3 is 2.67 bits per heavy atom. The third-order valence-electron chi connectivity index (χ3n) is 6.87. The van der Waals surface area contributed by atoms with Gasteiger partial charge in [-0.15, -0.1) is 0 Å². The first-order valence-electron chi connectivity index (χ1n) is 14.8. The van der Waals surface area contributed by atoms with Crippen molar-refractivity contribution in [3.05, 3.63) is 94.5 Å². The first-order valence-corrected chi connectivity index (χ1v) is 14.8. The highest BCUT2D eigenvalue weighted by molar-refractivity contribution is 5.97. The summed E-state index contributed by atoms with van der Waals surface area (Å²) >= 11 is 0. The molecular formula is C34H33N5O6. The van der Waals surface area contributed by atoms with Crippen molar-refractivity contribution in [2.75, 3.05) is 19.7 Å². The number of carbonyl (C=O) groups excluding carboxylic acids is 2. The van der Waals surface area contributed by atoms with E-state index in [9.17, 15) is 14.9 Å². The standard InChI is InChI=1S/C34H33N5O6/c1-2-42-31(40)12-10-24-17-26(32-36-14-6-15-37-32)20-27(18-24)44-30-13-16-38-34(39-30)45-29-19-25(21-35)9-11-28(29)33(41)43-22-23-7-4-3-5-8-23/h3-5,7-9,11,14,17-20,32,37H,2,6,10,12-13,15-16,22H2,1H3. The van der Waals surface area contributed by atoms with Crippen molar-refractivity contribution in [2.45, 2.75) is 45.4 Å². The van der Waals surface area contributed by atoms with Crippen LogP contribution in [0.2, 0.25) is 0 Å². The van der Waals surface area contributed by atoms with Gasteiger partial charge in [-0.25, -0.2) is 9.79 Å². The number of esters is 2. The molecule has 11 heteroatoms. The van der Waals surface area contributed by atoms with Gasteiger partial charge < -0.3 is 18.9 Å². The lowest BCUT2D eigenvalue weighted by molar-refractivity contribution is -0.143. The number of benzene rings is 3. The molecule has 3 aromatic rings. The molecule has 11 nitrogen and oxygen atoms in total. The minimum absolute atomic E-state index is 0.0133. The lowest BCUT2D eigenvalue weighted by Crippen LogP contribution is -2.25. The zero-order valence-electron chi connectivity index (χ0n) is 24.9. The van der Waals surface area contributed by atoms with Gasteiger partial charge in [0.1, 0.15) is 29.8 Å².